The molecule has 15 heavy (non-hydrogen) atoms. The third-order valence-electron chi connectivity index (χ3n) is 2.84. The highest BCUT2D eigenvalue weighted by Crippen LogP contribution is 2.08. The largest absolute Gasteiger partial charge is 0.307 e. The smallest absolute Gasteiger partial charge is 0.115 e. The number of rotatable bonds is 3. The van der Waals surface area contributed by atoms with Crippen molar-refractivity contribution in [1.29, 1.82) is 0 Å². The van der Waals surface area contributed by atoms with Crippen molar-refractivity contribution in [2.24, 2.45) is 0 Å². The maximum Gasteiger partial charge on any atom is 0.115 e. The van der Waals surface area contributed by atoms with Gasteiger partial charge in [0.15, 0.2) is 0 Å². The number of piperidine rings is 1. The molecule has 0 saturated carbocycles. The Hall–Kier alpha value is -1.00. The quantitative estimate of drug-likeness (QED) is 0.789. The van der Waals surface area contributed by atoms with E-state index in [0.717, 1.165) is 18.8 Å². The van der Waals surface area contributed by atoms with Gasteiger partial charge in [0.05, 0.1) is 5.69 Å². The lowest BCUT2D eigenvalue weighted by Crippen LogP contribution is -2.43. The molecule has 0 aromatic carbocycles. The van der Waals surface area contributed by atoms with Gasteiger partial charge in [-0.25, -0.2) is 9.97 Å². The number of hydrogen-bond acceptors (Lipinski definition) is 4. The number of nitrogens with zero attached hydrogens (tertiary/aromatic N) is 3. The van der Waals surface area contributed by atoms with E-state index in [9.17, 15) is 0 Å². The van der Waals surface area contributed by atoms with Gasteiger partial charge in [0, 0.05) is 25.3 Å². The van der Waals surface area contributed by atoms with E-state index in [4.69, 9.17) is 0 Å². The highest BCUT2D eigenvalue weighted by atomic mass is 15.1. The molecule has 1 N–H and O–H groups in total. The van der Waals surface area contributed by atoms with Crippen LogP contribution in [0.3, 0.4) is 0 Å². The Morgan fingerprint density at radius 3 is 3.27 bits per heavy atom. The molecule has 0 spiro atoms. The molecular formula is C11H18N4. The zero-order chi connectivity index (χ0) is 10.5. The summed E-state index contributed by atoms with van der Waals surface area (Å²) in [6.45, 7) is 3.22. The van der Waals surface area contributed by atoms with Crippen LogP contribution in [0.25, 0.3) is 0 Å². The van der Waals surface area contributed by atoms with E-state index in [1.807, 2.05) is 6.07 Å². The van der Waals surface area contributed by atoms with Crippen LogP contribution in [0.15, 0.2) is 18.6 Å². The highest BCUT2D eigenvalue weighted by Gasteiger charge is 2.16. The second kappa shape index (κ2) is 5.19. The molecule has 4 nitrogen and oxygen atoms in total. The summed E-state index contributed by atoms with van der Waals surface area (Å²) in [5, 5.41) is 3.54. The lowest BCUT2D eigenvalue weighted by molar-refractivity contribution is 0.226. The molecule has 1 aromatic heterocycles. The number of likely N-dealkylation sites (tertiary alicyclic amines) is 1. The Bertz CT molecular complexity index is 288. The van der Waals surface area contributed by atoms with Crippen molar-refractivity contribution in [2.45, 2.75) is 25.4 Å². The van der Waals surface area contributed by atoms with Crippen LogP contribution in [-0.2, 0) is 6.54 Å². The van der Waals surface area contributed by atoms with E-state index in [1.54, 1.807) is 12.5 Å². The van der Waals surface area contributed by atoms with Crippen LogP contribution < -0.4 is 5.32 Å². The molecule has 0 amide bonds. The summed E-state index contributed by atoms with van der Waals surface area (Å²) in [7, 11) is 2.18. The summed E-state index contributed by atoms with van der Waals surface area (Å²) in [4.78, 5) is 10.5. The SMILES string of the molecule is CN1CCCC(NCc2ccncn2)C1. The van der Waals surface area contributed by atoms with Gasteiger partial charge in [0.1, 0.15) is 6.33 Å². The highest BCUT2D eigenvalue weighted by molar-refractivity contribution is 4.97. The van der Waals surface area contributed by atoms with Crippen molar-refractivity contribution in [1.82, 2.24) is 20.2 Å². The third kappa shape index (κ3) is 3.25. The van der Waals surface area contributed by atoms with Crippen LogP contribution in [0.5, 0.6) is 0 Å². The third-order valence-corrected chi connectivity index (χ3v) is 2.84. The average molecular weight is 206 g/mol. The van der Waals surface area contributed by atoms with E-state index in [1.165, 1.54) is 19.4 Å². The van der Waals surface area contributed by atoms with E-state index in [0.29, 0.717) is 6.04 Å². The maximum atomic E-state index is 4.19. The molecule has 1 aromatic rings. The van der Waals surface area contributed by atoms with Crippen molar-refractivity contribution in [3.63, 3.8) is 0 Å². The van der Waals surface area contributed by atoms with Crippen LogP contribution >= 0.6 is 0 Å². The van der Waals surface area contributed by atoms with Crippen LogP contribution in [0, 0.1) is 0 Å². The molecule has 1 fully saturated rings. The number of likely N-dealkylation sites (N-methyl/N-ethyl adjacent to an activating group) is 1. The molecule has 0 bridgehead atoms. The monoisotopic (exact) mass is 206 g/mol. The van der Waals surface area contributed by atoms with Gasteiger partial charge in [-0.15, -0.1) is 0 Å². The molecule has 1 aliphatic rings. The van der Waals surface area contributed by atoms with Gasteiger partial charge < -0.3 is 10.2 Å². The fourth-order valence-electron chi connectivity index (χ4n) is 2.00. The van der Waals surface area contributed by atoms with Gasteiger partial charge >= 0.3 is 0 Å². The Balaban J connectivity index is 1.78. The molecule has 0 radical (unpaired) electrons. The average Bonchev–Trinajstić information content (AvgIpc) is 2.28. The van der Waals surface area contributed by atoms with E-state index >= 15 is 0 Å². The van der Waals surface area contributed by atoms with Gasteiger partial charge in [-0.05, 0) is 32.5 Å². The van der Waals surface area contributed by atoms with Crippen molar-refractivity contribution in [3.05, 3.63) is 24.3 Å². The van der Waals surface area contributed by atoms with Crippen LogP contribution in [0.4, 0.5) is 0 Å². The Morgan fingerprint density at radius 2 is 2.53 bits per heavy atom. The Kier molecular flexibility index (Phi) is 3.64. The van der Waals surface area contributed by atoms with Crippen LogP contribution in [0.2, 0.25) is 0 Å². The molecule has 0 aliphatic carbocycles. The number of nitrogens with one attached hydrogen (secondary N) is 1. The first-order valence-electron chi connectivity index (χ1n) is 5.51. The minimum absolute atomic E-state index is 0.610. The molecule has 1 atom stereocenters. The van der Waals surface area contributed by atoms with E-state index < -0.39 is 0 Å². The van der Waals surface area contributed by atoms with Gasteiger partial charge in [-0.3, -0.25) is 0 Å². The number of aromatic nitrogens is 2. The molecule has 1 aliphatic heterocycles. The van der Waals surface area contributed by atoms with Crippen molar-refractivity contribution >= 4 is 0 Å². The van der Waals surface area contributed by atoms with Gasteiger partial charge in [0.25, 0.3) is 0 Å². The van der Waals surface area contributed by atoms with Gasteiger partial charge in [0.2, 0.25) is 0 Å². The summed E-state index contributed by atoms with van der Waals surface area (Å²) >= 11 is 0. The summed E-state index contributed by atoms with van der Waals surface area (Å²) in [5.74, 6) is 0. The van der Waals surface area contributed by atoms with Crippen molar-refractivity contribution in [2.75, 3.05) is 20.1 Å². The standard InChI is InChI=1S/C11H18N4/c1-15-6-2-3-11(8-15)13-7-10-4-5-12-9-14-10/h4-5,9,11,13H,2-3,6-8H2,1H3. The van der Waals surface area contributed by atoms with E-state index in [-0.39, 0.29) is 0 Å². The molecule has 2 heterocycles. The molecule has 4 heteroatoms. The fourth-order valence-corrected chi connectivity index (χ4v) is 2.00. The summed E-state index contributed by atoms with van der Waals surface area (Å²) in [6, 6.07) is 2.57. The first-order chi connectivity index (χ1) is 7.34. The lowest BCUT2D eigenvalue weighted by atomic mass is 10.1. The Labute approximate surface area is 90.7 Å². The predicted molar refractivity (Wildman–Crippen MR) is 59.4 cm³/mol. The molecule has 1 unspecified atom stereocenters. The minimum Gasteiger partial charge on any atom is -0.307 e. The molecular weight excluding hydrogens is 188 g/mol. The summed E-state index contributed by atoms with van der Waals surface area (Å²) in [6.07, 6.45) is 5.95. The normalized spacial score (nSPS) is 22.9. The first kappa shape index (κ1) is 10.5. The minimum atomic E-state index is 0.610. The maximum absolute atomic E-state index is 4.19. The number of hydrogen-bond donors (Lipinski definition) is 1. The van der Waals surface area contributed by atoms with Gasteiger partial charge in [-0.1, -0.05) is 0 Å². The first-order valence-corrected chi connectivity index (χ1v) is 5.51. The second-order valence-corrected chi connectivity index (χ2v) is 4.18. The molecule has 2 rings (SSSR count). The zero-order valence-electron chi connectivity index (χ0n) is 9.19. The zero-order valence-corrected chi connectivity index (χ0v) is 9.19. The van der Waals surface area contributed by atoms with Crippen LogP contribution in [-0.4, -0.2) is 41.0 Å². The molecule has 1 saturated heterocycles. The second-order valence-electron chi connectivity index (χ2n) is 4.18. The Morgan fingerprint density at radius 1 is 1.60 bits per heavy atom. The van der Waals surface area contributed by atoms with E-state index in [2.05, 4.69) is 27.2 Å². The fraction of sp³-hybridized carbons (Fsp3) is 0.636. The van der Waals surface area contributed by atoms with Crippen LogP contribution in [0.1, 0.15) is 18.5 Å². The topological polar surface area (TPSA) is 41.0 Å². The van der Waals surface area contributed by atoms with Crippen molar-refractivity contribution in [3.8, 4) is 0 Å². The van der Waals surface area contributed by atoms with Crippen molar-refractivity contribution < 1.29 is 0 Å². The summed E-state index contributed by atoms with van der Waals surface area (Å²) < 4.78 is 0. The summed E-state index contributed by atoms with van der Waals surface area (Å²) in [5.41, 5.74) is 1.07. The lowest BCUT2D eigenvalue weighted by Gasteiger charge is -2.30. The predicted octanol–water partition coefficient (Wildman–Crippen LogP) is 0.660. The van der Waals surface area contributed by atoms with Gasteiger partial charge in [-0.2, -0.15) is 0 Å². The molecule has 82 valence electrons.